The van der Waals surface area contributed by atoms with Crippen LogP contribution >= 0.6 is 0 Å². The van der Waals surface area contributed by atoms with Gasteiger partial charge in [-0.1, -0.05) is 18.2 Å². The third-order valence-corrected chi connectivity index (χ3v) is 1.56. The predicted molar refractivity (Wildman–Crippen MR) is 49.4 cm³/mol. The van der Waals surface area contributed by atoms with Crippen molar-refractivity contribution < 1.29 is 4.79 Å². The van der Waals surface area contributed by atoms with Crippen molar-refractivity contribution in [3.8, 4) is 0 Å². The van der Waals surface area contributed by atoms with Crippen molar-refractivity contribution in [1.29, 1.82) is 0 Å². The number of amides is 1. The van der Waals surface area contributed by atoms with Gasteiger partial charge in [-0.15, -0.1) is 0 Å². The predicted octanol–water partition coefficient (Wildman–Crippen LogP) is 1.91. The van der Waals surface area contributed by atoms with Gasteiger partial charge in [0.2, 0.25) is 5.91 Å². The number of carbonyl (C=O) groups excluding carboxylic acids is 1. The van der Waals surface area contributed by atoms with Gasteiger partial charge in [-0.25, -0.2) is 0 Å². The zero-order chi connectivity index (χ0) is 8.97. The summed E-state index contributed by atoms with van der Waals surface area (Å²) in [7, 11) is 0. The summed E-state index contributed by atoms with van der Waals surface area (Å²) >= 11 is 0. The van der Waals surface area contributed by atoms with Crippen LogP contribution < -0.4 is 5.32 Å². The van der Waals surface area contributed by atoms with Gasteiger partial charge in [-0.05, 0) is 25.0 Å². The van der Waals surface area contributed by atoms with E-state index in [1.54, 1.807) is 0 Å². The Hall–Kier alpha value is -1.31. The van der Waals surface area contributed by atoms with E-state index in [1.165, 1.54) is 6.92 Å². The van der Waals surface area contributed by atoms with E-state index in [1.807, 2.05) is 25.2 Å². The molecule has 0 aromatic heterocycles. The minimum atomic E-state index is -0.0211. The second-order valence-electron chi connectivity index (χ2n) is 2.87. The van der Waals surface area contributed by atoms with E-state index in [0.717, 1.165) is 17.7 Å². The Morgan fingerprint density at radius 3 is 3.00 bits per heavy atom. The number of hydrogen-bond acceptors (Lipinski definition) is 1. The Kier molecular flexibility index (Phi) is 2.86. The normalized spacial score (nSPS) is 16.2. The molecule has 1 amide bonds. The summed E-state index contributed by atoms with van der Waals surface area (Å²) in [4.78, 5) is 10.7. The molecular weight excluding hydrogens is 150 g/mol. The van der Waals surface area contributed by atoms with Crippen LogP contribution in [0.25, 0.3) is 0 Å². The fourth-order valence-corrected chi connectivity index (χ4v) is 1.09. The highest BCUT2D eigenvalue weighted by Crippen LogP contribution is 2.07. The standard InChI is InChI=1S/C10H13NO/c1-8-5-3-4-6-10(7-8)11-9(2)12/h3,5-7H,4H2,1-2H3,(H,11,12). The third kappa shape index (κ3) is 2.74. The summed E-state index contributed by atoms with van der Waals surface area (Å²) in [5.41, 5.74) is 2.05. The van der Waals surface area contributed by atoms with Gasteiger partial charge < -0.3 is 5.32 Å². The van der Waals surface area contributed by atoms with Gasteiger partial charge in [-0.2, -0.15) is 0 Å². The molecular formula is C10H13NO. The zero-order valence-electron chi connectivity index (χ0n) is 7.42. The molecule has 0 heterocycles. The minimum absolute atomic E-state index is 0.0211. The number of allylic oxidation sites excluding steroid dienone is 5. The first-order valence-corrected chi connectivity index (χ1v) is 4.01. The van der Waals surface area contributed by atoms with E-state index in [9.17, 15) is 4.79 Å². The number of hydrogen-bond donors (Lipinski definition) is 1. The molecule has 0 bridgehead atoms. The molecule has 1 rings (SSSR count). The first kappa shape index (κ1) is 8.78. The van der Waals surface area contributed by atoms with E-state index in [4.69, 9.17) is 0 Å². The SMILES string of the molecule is CC(=O)NC1=CCC=CC(C)=C1. The highest BCUT2D eigenvalue weighted by Gasteiger charge is 1.97. The topological polar surface area (TPSA) is 29.1 Å². The summed E-state index contributed by atoms with van der Waals surface area (Å²) in [6.45, 7) is 3.53. The van der Waals surface area contributed by atoms with Crippen molar-refractivity contribution in [2.75, 3.05) is 0 Å². The summed E-state index contributed by atoms with van der Waals surface area (Å²) in [5, 5.41) is 2.76. The van der Waals surface area contributed by atoms with Crippen molar-refractivity contribution in [2.24, 2.45) is 0 Å². The van der Waals surface area contributed by atoms with Gasteiger partial charge in [0.05, 0.1) is 0 Å². The molecule has 0 aromatic carbocycles. The monoisotopic (exact) mass is 163 g/mol. The molecule has 64 valence electrons. The van der Waals surface area contributed by atoms with Crippen LogP contribution in [-0.4, -0.2) is 5.91 Å². The molecule has 0 aliphatic heterocycles. The highest BCUT2D eigenvalue weighted by atomic mass is 16.1. The second kappa shape index (κ2) is 3.90. The maximum Gasteiger partial charge on any atom is 0.221 e. The van der Waals surface area contributed by atoms with E-state index < -0.39 is 0 Å². The van der Waals surface area contributed by atoms with Crippen molar-refractivity contribution in [2.45, 2.75) is 20.3 Å². The van der Waals surface area contributed by atoms with E-state index in [-0.39, 0.29) is 5.91 Å². The molecule has 0 unspecified atom stereocenters. The minimum Gasteiger partial charge on any atom is -0.327 e. The zero-order valence-corrected chi connectivity index (χ0v) is 7.42. The van der Waals surface area contributed by atoms with Crippen LogP contribution in [0.3, 0.4) is 0 Å². The maximum absolute atomic E-state index is 10.7. The molecule has 1 N–H and O–H groups in total. The lowest BCUT2D eigenvalue weighted by Crippen LogP contribution is -2.17. The van der Waals surface area contributed by atoms with Crippen LogP contribution in [0.4, 0.5) is 0 Å². The summed E-state index contributed by atoms with van der Waals surface area (Å²) in [6, 6.07) is 0. The van der Waals surface area contributed by atoms with E-state index in [2.05, 4.69) is 11.4 Å². The average Bonchev–Trinajstić information content (AvgIpc) is 2.12. The Morgan fingerprint density at radius 1 is 1.58 bits per heavy atom. The smallest absolute Gasteiger partial charge is 0.221 e. The van der Waals surface area contributed by atoms with Crippen LogP contribution in [-0.2, 0) is 4.79 Å². The van der Waals surface area contributed by atoms with Gasteiger partial charge in [0, 0.05) is 12.6 Å². The van der Waals surface area contributed by atoms with Crippen LogP contribution in [0.15, 0.2) is 35.6 Å². The highest BCUT2D eigenvalue weighted by molar-refractivity contribution is 5.75. The summed E-state index contributed by atoms with van der Waals surface area (Å²) in [6.07, 6.45) is 8.95. The van der Waals surface area contributed by atoms with Crippen molar-refractivity contribution in [3.05, 3.63) is 35.6 Å². The summed E-state index contributed by atoms with van der Waals surface area (Å²) < 4.78 is 0. The van der Waals surface area contributed by atoms with Gasteiger partial charge in [-0.3, -0.25) is 4.79 Å². The molecule has 1 aliphatic rings. The molecule has 0 saturated carbocycles. The number of rotatable bonds is 1. The third-order valence-electron chi connectivity index (χ3n) is 1.56. The molecule has 0 fully saturated rings. The molecule has 2 nitrogen and oxygen atoms in total. The fraction of sp³-hybridized carbons (Fsp3) is 0.300. The first-order chi connectivity index (χ1) is 5.68. The lowest BCUT2D eigenvalue weighted by molar-refractivity contribution is -0.118. The van der Waals surface area contributed by atoms with E-state index in [0.29, 0.717) is 0 Å². The Labute approximate surface area is 72.7 Å². The molecule has 1 aliphatic carbocycles. The van der Waals surface area contributed by atoms with Gasteiger partial charge in [0.15, 0.2) is 0 Å². The quantitative estimate of drug-likeness (QED) is 0.628. The number of nitrogens with one attached hydrogen (secondary N) is 1. The molecule has 0 radical (unpaired) electrons. The molecule has 12 heavy (non-hydrogen) atoms. The molecule has 0 aromatic rings. The van der Waals surface area contributed by atoms with Crippen LogP contribution in [0, 0.1) is 0 Å². The Balaban J connectivity index is 2.71. The molecule has 0 spiro atoms. The Bertz CT molecular complexity index is 272. The number of carbonyl (C=O) groups is 1. The second-order valence-corrected chi connectivity index (χ2v) is 2.87. The molecule has 0 saturated heterocycles. The van der Waals surface area contributed by atoms with Crippen LogP contribution in [0.5, 0.6) is 0 Å². The van der Waals surface area contributed by atoms with Gasteiger partial charge in [0.1, 0.15) is 0 Å². The average molecular weight is 163 g/mol. The van der Waals surface area contributed by atoms with E-state index >= 15 is 0 Å². The molecule has 2 heteroatoms. The summed E-state index contributed by atoms with van der Waals surface area (Å²) in [5.74, 6) is -0.0211. The maximum atomic E-state index is 10.7. The van der Waals surface area contributed by atoms with Crippen molar-refractivity contribution in [3.63, 3.8) is 0 Å². The largest absolute Gasteiger partial charge is 0.327 e. The van der Waals surface area contributed by atoms with Crippen molar-refractivity contribution >= 4 is 5.91 Å². The van der Waals surface area contributed by atoms with Crippen LogP contribution in [0.1, 0.15) is 20.3 Å². The fourth-order valence-electron chi connectivity index (χ4n) is 1.09. The Morgan fingerprint density at radius 2 is 2.33 bits per heavy atom. The lowest BCUT2D eigenvalue weighted by Gasteiger charge is -2.01. The molecule has 0 atom stereocenters. The van der Waals surface area contributed by atoms with Gasteiger partial charge in [0.25, 0.3) is 0 Å². The van der Waals surface area contributed by atoms with Crippen molar-refractivity contribution in [1.82, 2.24) is 5.32 Å². The first-order valence-electron chi connectivity index (χ1n) is 4.01. The van der Waals surface area contributed by atoms with Gasteiger partial charge >= 0.3 is 0 Å². The van der Waals surface area contributed by atoms with Crippen LogP contribution in [0.2, 0.25) is 0 Å². The lowest BCUT2D eigenvalue weighted by atomic mass is 10.2.